The first-order valence-corrected chi connectivity index (χ1v) is 8.34. The fraction of sp³-hybridized carbons (Fsp3) is 0.150. The van der Waals surface area contributed by atoms with Gasteiger partial charge in [-0.3, -0.25) is 4.98 Å². The van der Waals surface area contributed by atoms with Crippen molar-refractivity contribution in [2.24, 2.45) is 5.73 Å². The highest BCUT2D eigenvalue weighted by Gasteiger charge is 2.14. The molecule has 0 bridgehead atoms. The lowest BCUT2D eigenvalue weighted by atomic mass is 10.0. The van der Waals surface area contributed by atoms with Crippen LogP contribution >= 0.6 is 0 Å². The first kappa shape index (κ1) is 16.4. The SMILES string of the molecule is NC(Cc1nc(Cc2cccc3cccnc23)no1)c1cccc(F)c1. The molecule has 1 atom stereocenters. The van der Waals surface area contributed by atoms with Crippen molar-refractivity contribution in [2.75, 3.05) is 0 Å². The van der Waals surface area contributed by atoms with Crippen LogP contribution in [0.1, 0.15) is 28.9 Å². The van der Waals surface area contributed by atoms with Crippen molar-refractivity contribution in [1.29, 1.82) is 0 Å². The van der Waals surface area contributed by atoms with E-state index in [9.17, 15) is 4.39 Å². The summed E-state index contributed by atoms with van der Waals surface area (Å²) in [6, 6.07) is 15.8. The number of nitrogens with zero attached hydrogens (tertiary/aromatic N) is 3. The molecule has 0 fully saturated rings. The monoisotopic (exact) mass is 348 g/mol. The lowest BCUT2D eigenvalue weighted by Gasteiger charge is -2.08. The second-order valence-corrected chi connectivity index (χ2v) is 6.14. The molecular weight excluding hydrogens is 331 g/mol. The molecule has 2 N–H and O–H groups in total. The minimum Gasteiger partial charge on any atom is -0.339 e. The van der Waals surface area contributed by atoms with Crippen LogP contribution in [-0.2, 0) is 12.8 Å². The third kappa shape index (κ3) is 3.45. The largest absolute Gasteiger partial charge is 0.339 e. The van der Waals surface area contributed by atoms with Crippen molar-refractivity contribution < 1.29 is 8.91 Å². The average molecular weight is 348 g/mol. The summed E-state index contributed by atoms with van der Waals surface area (Å²) in [6.07, 6.45) is 2.64. The second kappa shape index (κ2) is 7.01. The van der Waals surface area contributed by atoms with Gasteiger partial charge in [0, 0.05) is 30.5 Å². The summed E-state index contributed by atoms with van der Waals surface area (Å²) in [5.74, 6) is 0.696. The van der Waals surface area contributed by atoms with Gasteiger partial charge in [-0.25, -0.2) is 4.39 Å². The molecule has 0 aliphatic heterocycles. The Morgan fingerprint density at radius 2 is 1.92 bits per heavy atom. The predicted octanol–water partition coefficient (Wildman–Crippen LogP) is 3.59. The number of hydrogen-bond donors (Lipinski definition) is 1. The summed E-state index contributed by atoms with van der Waals surface area (Å²) >= 11 is 0. The highest BCUT2D eigenvalue weighted by Crippen LogP contribution is 2.20. The van der Waals surface area contributed by atoms with Gasteiger partial charge in [0.15, 0.2) is 5.82 Å². The van der Waals surface area contributed by atoms with E-state index >= 15 is 0 Å². The van der Waals surface area contributed by atoms with Crippen LogP contribution < -0.4 is 5.73 Å². The van der Waals surface area contributed by atoms with E-state index in [-0.39, 0.29) is 5.82 Å². The number of fused-ring (bicyclic) bond motifs is 1. The summed E-state index contributed by atoms with van der Waals surface area (Å²) in [7, 11) is 0. The zero-order valence-corrected chi connectivity index (χ0v) is 14.0. The molecule has 0 amide bonds. The van der Waals surface area contributed by atoms with Gasteiger partial charge in [0.25, 0.3) is 0 Å². The van der Waals surface area contributed by atoms with Crippen molar-refractivity contribution in [2.45, 2.75) is 18.9 Å². The number of hydrogen-bond acceptors (Lipinski definition) is 5. The Morgan fingerprint density at radius 1 is 1.08 bits per heavy atom. The van der Waals surface area contributed by atoms with Crippen molar-refractivity contribution in [1.82, 2.24) is 15.1 Å². The van der Waals surface area contributed by atoms with Crippen LogP contribution in [0.25, 0.3) is 10.9 Å². The Hall–Kier alpha value is -3.12. The number of nitrogens with two attached hydrogens (primary N) is 1. The molecule has 0 aliphatic rings. The van der Waals surface area contributed by atoms with E-state index < -0.39 is 6.04 Å². The molecule has 2 aromatic carbocycles. The molecule has 0 spiro atoms. The Balaban J connectivity index is 1.51. The van der Waals surface area contributed by atoms with E-state index in [1.807, 2.05) is 30.3 Å². The summed E-state index contributed by atoms with van der Waals surface area (Å²) in [6.45, 7) is 0. The van der Waals surface area contributed by atoms with Gasteiger partial charge in [-0.15, -0.1) is 0 Å². The van der Waals surface area contributed by atoms with Gasteiger partial charge in [-0.1, -0.05) is 41.6 Å². The van der Waals surface area contributed by atoms with Gasteiger partial charge in [-0.2, -0.15) is 4.98 Å². The van der Waals surface area contributed by atoms with E-state index in [2.05, 4.69) is 15.1 Å². The normalized spacial score (nSPS) is 12.4. The highest BCUT2D eigenvalue weighted by atomic mass is 19.1. The van der Waals surface area contributed by atoms with Gasteiger partial charge >= 0.3 is 0 Å². The summed E-state index contributed by atoms with van der Waals surface area (Å²) < 4.78 is 18.6. The fourth-order valence-electron chi connectivity index (χ4n) is 2.97. The van der Waals surface area contributed by atoms with Crippen molar-refractivity contribution in [3.63, 3.8) is 0 Å². The Kier molecular flexibility index (Phi) is 4.41. The Labute approximate surface area is 149 Å². The third-order valence-corrected chi connectivity index (χ3v) is 4.25. The molecule has 0 radical (unpaired) electrons. The first-order valence-electron chi connectivity index (χ1n) is 8.34. The fourth-order valence-corrected chi connectivity index (χ4v) is 2.97. The Bertz CT molecular complexity index is 1040. The van der Waals surface area contributed by atoms with Gasteiger partial charge in [0.1, 0.15) is 5.82 Å². The molecular formula is C20H17FN4O. The molecule has 0 aliphatic carbocycles. The number of aromatic nitrogens is 3. The minimum absolute atomic E-state index is 0.312. The molecule has 2 aromatic heterocycles. The van der Waals surface area contributed by atoms with Crippen LogP contribution in [0, 0.1) is 5.82 Å². The number of rotatable bonds is 5. The van der Waals surface area contributed by atoms with Crippen LogP contribution in [0.15, 0.2) is 65.3 Å². The molecule has 26 heavy (non-hydrogen) atoms. The standard InChI is InChI=1S/C20H17FN4O/c21-16-8-2-5-14(10-16)17(22)12-19-24-18(25-26-19)11-15-6-1-4-13-7-3-9-23-20(13)15/h1-10,17H,11-12,22H2. The molecule has 4 aromatic rings. The smallest absolute Gasteiger partial charge is 0.228 e. The van der Waals surface area contributed by atoms with E-state index in [0.717, 1.165) is 16.5 Å². The topological polar surface area (TPSA) is 77.8 Å². The van der Waals surface area contributed by atoms with Crippen molar-refractivity contribution in [3.05, 3.63) is 89.5 Å². The quantitative estimate of drug-likeness (QED) is 0.596. The molecule has 130 valence electrons. The maximum absolute atomic E-state index is 13.3. The van der Waals surface area contributed by atoms with Crippen molar-refractivity contribution >= 4 is 10.9 Å². The minimum atomic E-state index is -0.404. The van der Waals surface area contributed by atoms with Gasteiger partial charge in [-0.05, 0) is 29.3 Å². The maximum Gasteiger partial charge on any atom is 0.228 e. The lowest BCUT2D eigenvalue weighted by molar-refractivity contribution is 0.365. The predicted molar refractivity (Wildman–Crippen MR) is 95.9 cm³/mol. The number of pyridine rings is 1. The molecule has 6 heteroatoms. The average Bonchev–Trinajstić information content (AvgIpc) is 3.09. The van der Waals surface area contributed by atoms with Gasteiger partial charge in [0.2, 0.25) is 5.89 Å². The molecule has 5 nitrogen and oxygen atoms in total. The van der Waals surface area contributed by atoms with E-state index in [0.29, 0.717) is 30.1 Å². The summed E-state index contributed by atoms with van der Waals surface area (Å²) in [5, 5.41) is 5.11. The molecule has 0 saturated heterocycles. The third-order valence-electron chi connectivity index (χ3n) is 4.25. The number of para-hydroxylation sites is 1. The molecule has 2 heterocycles. The molecule has 0 saturated carbocycles. The second-order valence-electron chi connectivity index (χ2n) is 6.14. The number of halogens is 1. The van der Waals surface area contributed by atoms with Crippen molar-refractivity contribution in [3.8, 4) is 0 Å². The van der Waals surface area contributed by atoms with E-state index in [4.69, 9.17) is 10.3 Å². The highest BCUT2D eigenvalue weighted by molar-refractivity contribution is 5.81. The summed E-state index contributed by atoms with van der Waals surface area (Å²) in [5.41, 5.74) is 8.79. The summed E-state index contributed by atoms with van der Waals surface area (Å²) in [4.78, 5) is 8.86. The van der Waals surface area contributed by atoms with Gasteiger partial charge in [0.05, 0.1) is 5.52 Å². The zero-order valence-electron chi connectivity index (χ0n) is 14.0. The first-order chi connectivity index (χ1) is 12.7. The maximum atomic E-state index is 13.3. The van der Waals surface area contributed by atoms with Crippen LogP contribution in [0.2, 0.25) is 0 Å². The Morgan fingerprint density at radius 3 is 2.81 bits per heavy atom. The van der Waals surface area contributed by atoms with Crippen LogP contribution in [0.4, 0.5) is 4.39 Å². The van der Waals surface area contributed by atoms with Crippen LogP contribution in [-0.4, -0.2) is 15.1 Å². The van der Waals surface area contributed by atoms with E-state index in [1.165, 1.54) is 12.1 Å². The molecule has 1 unspecified atom stereocenters. The lowest BCUT2D eigenvalue weighted by Crippen LogP contribution is -2.13. The van der Waals surface area contributed by atoms with Gasteiger partial charge < -0.3 is 10.3 Å². The molecule has 4 rings (SSSR count). The van der Waals surface area contributed by atoms with Crippen LogP contribution in [0.5, 0.6) is 0 Å². The van der Waals surface area contributed by atoms with E-state index in [1.54, 1.807) is 18.3 Å². The zero-order chi connectivity index (χ0) is 17.9. The van der Waals surface area contributed by atoms with Crippen LogP contribution in [0.3, 0.4) is 0 Å². The number of benzene rings is 2.